The summed E-state index contributed by atoms with van der Waals surface area (Å²) in [6.45, 7) is 2.09. The summed E-state index contributed by atoms with van der Waals surface area (Å²) in [6.07, 6.45) is 8.15. The van der Waals surface area contributed by atoms with Crippen LogP contribution < -0.4 is 0 Å². The van der Waals surface area contributed by atoms with Crippen molar-refractivity contribution >= 4 is 0 Å². The predicted molar refractivity (Wildman–Crippen MR) is 69.9 cm³/mol. The highest BCUT2D eigenvalue weighted by molar-refractivity contribution is 5.28. The summed E-state index contributed by atoms with van der Waals surface area (Å²) in [5.41, 5.74) is 1.50. The molecule has 0 saturated heterocycles. The zero-order chi connectivity index (χ0) is 12.3. The van der Waals surface area contributed by atoms with Gasteiger partial charge >= 0.3 is 0 Å². The molecule has 0 aromatic carbocycles. The van der Waals surface area contributed by atoms with E-state index in [1.165, 1.54) is 32.1 Å². The fourth-order valence-electron chi connectivity index (χ4n) is 5.19. The molecule has 1 aromatic rings. The zero-order valence-corrected chi connectivity index (χ0v) is 11.0. The molecular formula is C16H21NO. The number of aliphatic hydroxyl groups is 1. The highest BCUT2D eigenvalue weighted by Crippen LogP contribution is 2.61. The number of aryl methyl sites for hydroxylation is 1. The van der Waals surface area contributed by atoms with Crippen molar-refractivity contribution in [3.05, 3.63) is 29.6 Å². The molecule has 4 aliphatic rings. The Morgan fingerprint density at radius 2 is 1.72 bits per heavy atom. The monoisotopic (exact) mass is 243 g/mol. The highest BCUT2D eigenvalue weighted by Gasteiger charge is 2.58. The average molecular weight is 243 g/mol. The van der Waals surface area contributed by atoms with Crippen molar-refractivity contribution in [1.82, 2.24) is 4.98 Å². The average Bonchev–Trinajstić information content (AvgIpc) is 2.35. The quantitative estimate of drug-likeness (QED) is 0.822. The van der Waals surface area contributed by atoms with Crippen molar-refractivity contribution in [1.29, 1.82) is 0 Å². The number of hydrogen-bond acceptors (Lipinski definition) is 2. The lowest BCUT2D eigenvalue weighted by Gasteiger charge is -2.58. The first-order valence-electron chi connectivity index (χ1n) is 7.32. The van der Waals surface area contributed by atoms with E-state index >= 15 is 0 Å². The fraction of sp³-hybridized carbons (Fsp3) is 0.688. The number of pyridine rings is 1. The van der Waals surface area contributed by atoms with Gasteiger partial charge in [-0.1, -0.05) is 6.07 Å². The molecule has 1 aromatic heterocycles. The van der Waals surface area contributed by atoms with Crippen molar-refractivity contribution in [2.24, 2.45) is 23.7 Å². The number of aromatic nitrogens is 1. The summed E-state index contributed by atoms with van der Waals surface area (Å²) in [5.74, 6) is 2.69. The summed E-state index contributed by atoms with van der Waals surface area (Å²) in [7, 11) is 0. The van der Waals surface area contributed by atoms with Gasteiger partial charge in [0.2, 0.25) is 0 Å². The summed E-state index contributed by atoms with van der Waals surface area (Å²) < 4.78 is 0. The Bertz CT molecular complexity index is 454. The molecule has 0 radical (unpaired) electrons. The zero-order valence-electron chi connectivity index (χ0n) is 11.0. The minimum Gasteiger partial charge on any atom is -0.383 e. The molecule has 96 valence electrons. The summed E-state index contributed by atoms with van der Waals surface area (Å²) in [4.78, 5) is 4.55. The van der Waals surface area contributed by atoms with Crippen LogP contribution in [0.25, 0.3) is 0 Å². The second-order valence-electron chi connectivity index (χ2n) is 6.80. The summed E-state index contributed by atoms with van der Waals surface area (Å²) in [6, 6.07) is 4.06. The molecule has 2 nitrogen and oxygen atoms in total. The van der Waals surface area contributed by atoms with Gasteiger partial charge in [0.15, 0.2) is 0 Å². The number of nitrogens with zero attached hydrogens (tertiary/aromatic N) is 1. The molecule has 0 spiro atoms. The molecule has 5 rings (SSSR count). The summed E-state index contributed by atoms with van der Waals surface area (Å²) >= 11 is 0. The van der Waals surface area contributed by atoms with Gasteiger partial charge in [0.25, 0.3) is 0 Å². The molecule has 0 unspecified atom stereocenters. The van der Waals surface area contributed by atoms with Gasteiger partial charge in [-0.05, 0) is 74.3 Å². The summed E-state index contributed by atoms with van der Waals surface area (Å²) in [5, 5.41) is 11.4. The Morgan fingerprint density at radius 3 is 2.28 bits per heavy atom. The topological polar surface area (TPSA) is 33.1 Å². The largest absolute Gasteiger partial charge is 0.383 e. The second kappa shape index (κ2) is 3.57. The van der Waals surface area contributed by atoms with Gasteiger partial charge in [-0.15, -0.1) is 0 Å². The molecule has 2 heteroatoms. The lowest BCUT2D eigenvalue weighted by molar-refractivity contribution is -0.182. The molecule has 1 N–H and O–H groups in total. The van der Waals surface area contributed by atoms with Crippen LogP contribution in [-0.2, 0) is 5.60 Å². The third-order valence-electron chi connectivity index (χ3n) is 5.77. The second-order valence-corrected chi connectivity index (χ2v) is 6.80. The van der Waals surface area contributed by atoms with Gasteiger partial charge in [0.1, 0.15) is 5.60 Å². The molecular weight excluding hydrogens is 222 g/mol. The molecule has 1 heterocycles. The van der Waals surface area contributed by atoms with Crippen LogP contribution in [-0.4, -0.2) is 10.1 Å². The Morgan fingerprint density at radius 1 is 1.11 bits per heavy atom. The third-order valence-corrected chi connectivity index (χ3v) is 5.77. The van der Waals surface area contributed by atoms with Gasteiger partial charge in [0.05, 0.1) is 5.69 Å². The fourth-order valence-corrected chi connectivity index (χ4v) is 5.19. The van der Waals surface area contributed by atoms with Crippen molar-refractivity contribution in [3.63, 3.8) is 0 Å². The Kier molecular flexibility index (Phi) is 2.18. The minimum absolute atomic E-state index is 0.461. The SMILES string of the molecule is Cc1cccnc1C1(O)C2CC3CC(C2)CC1C3. The minimum atomic E-state index is -0.626. The standard InChI is InChI=1S/C16H21NO/c1-10-3-2-4-17-15(10)16(18)13-6-11-5-12(8-13)9-14(16)7-11/h2-4,11-14,18H,5-9H2,1H3. The maximum atomic E-state index is 11.4. The van der Waals surface area contributed by atoms with E-state index in [2.05, 4.69) is 18.0 Å². The molecule has 0 atom stereocenters. The van der Waals surface area contributed by atoms with Crippen molar-refractivity contribution in [2.75, 3.05) is 0 Å². The van der Waals surface area contributed by atoms with Crippen molar-refractivity contribution < 1.29 is 5.11 Å². The van der Waals surface area contributed by atoms with Crippen molar-refractivity contribution in [2.45, 2.75) is 44.6 Å². The predicted octanol–water partition coefficient (Wildman–Crippen LogP) is 3.03. The smallest absolute Gasteiger partial charge is 0.112 e. The third kappa shape index (κ3) is 1.30. The molecule has 4 bridgehead atoms. The molecule has 18 heavy (non-hydrogen) atoms. The van der Waals surface area contributed by atoms with Gasteiger partial charge in [-0.2, -0.15) is 0 Å². The maximum absolute atomic E-state index is 11.4. The van der Waals surface area contributed by atoms with E-state index in [4.69, 9.17) is 0 Å². The van der Waals surface area contributed by atoms with Gasteiger partial charge < -0.3 is 5.11 Å². The Labute approximate surface area is 108 Å². The van der Waals surface area contributed by atoms with E-state index < -0.39 is 5.60 Å². The lowest BCUT2D eigenvalue weighted by atomic mass is 9.49. The van der Waals surface area contributed by atoms with Crippen LogP contribution >= 0.6 is 0 Å². The van der Waals surface area contributed by atoms with Gasteiger partial charge in [-0.3, -0.25) is 4.98 Å². The molecule has 0 aliphatic heterocycles. The van der Waals surface area contributed by atoms with E-state index in [-0.39, 0.29) is 0 Å². The number of rotatable bonds is 1. The Balaban J connectivity index is 1.81. The molecule has 4 saturated carbocycles. The lowest BCUT2D eigenvalue weighted by Crippen LogP contribution is -2.56. The van der Waals surface area contributed by atoms with Gasteiger partial charge in [0, 0.05) is 6.20 Å². The van der Waals surface area contributed by atoms with E-state index in [9.17, 15) is 5.11 Å². The van der Waals surface area contributed by atoms with Crippen molar-refractivity contribution in [3.8, 4) is 0 Å². The first-order valence-corrected chi connectivity index (χ1v) is 7.32. The first kappa shape index (κ1) is 11.0. The van der Waals surface area contributed by atoms with E-state index in [0.717, 1.165) is 23.1 Å². The molecule has 4 fully saturated rings. The van der Waals surface area contributed by atoms with Crippen LogP contribution in [0.5, 0.6) is 0 Å². The van der Waals surface area contributed by atoms with Crippen LogP contribution in [0.15, 0.2) is 18.3 Å². The number of hydrogen-bond donors (Lipinski definition) is 1. The molecule has 0 amide bonds. The van der Waals surface area contributed by atoms with Crippen LogP contribution in [0.3, 0.4) is 0 Å². The first-order chi connectivity index (χ1) is 8.68. The Hall–Kier alpha value is -0.890. The molecule has 4 aliphatic carbocycles. The van der Waals surface area contributed by atoms with E-state index in [1.807, 2.05) is 12.3 Å². The van der Waals surface area contributed by atoms with E-state index in [1.54, 1.807) is 0 Å². The van der Waals surface area contributed by atoms with Crippen LogP contribution in [0.2, 0.25) is 0 Å². The van der Waals surface area contributed by atoms with Crippen LogP contribution in [0.4, 0.5) is 0 Å². The van der Waals surface area contributed by atoms with E-state index in [0.29, 0.717) is 11.8 Å². The normalized spacial score (nSPS) is 45.4. The maximum Gasteiger partial charge on any atom is 0.112 e. The van der Waals surface area contributed by atoms with Gasteiger partial charge in [-0.25, -0.2) is 0 Å². The highest BCUT2D eigenvalue weighted by atomic mass is 16.3. The van der Waals surface area contributed by atoms with Crippen LogP contribution in [0, 0.1) is 30.6 Å². The van der Waals surface area contributed by atoms with Crippen LogP contribution in [0.1, 0.15) is 43.4 Å².